The largest absolute Gasteiger partial charge is 0.310 e. The van der Waals surface area contributed by atoms with Crippen molar-refractivity contribution in [3.8, 4) is 0 Å². The average molecular weight is 334 g/mol. The fourth-order valence-corrected chi connectivity index (χ4v) is 3.30. The molecule has 6 heteroatoms. The van der Waals surface area contributed by atoms with Gasteiger partial charge in [0.05, 0.1) is 11.3 Å². The molecule has 2 aliphatic rings. The zero-order valence-electron chi connectivity index (χ0n) is 12.6. The summed E-state index contributed by atoms with van der Waals surface area (Å²) in [5, 5.41) is 0.423. The van der Waals surface area contributed by atoms with E-state index in [1.807, 2.05) is 0 Å². The van der Waals surface area contributed by atoms with Gasteiger partial charge in [-0.25, -0.2) is 9.37 Å². The van der Waals surface area contributed by atoms with Crippen LogP contribution in [0.1, 0.15) is 41.4 Å². The van der Waals surface area contributed by atoms with Gasteiger partial charge in [0.2, 0.25) is 0 Å². The molecule has 23 heavy (non-hydrogen) atoms. The predicted molar refractivity (Wildman–Crippen MR) is 86.1 cm³/mol. The highest BCUT2D eigenvalue weighted by Crippen LogP contribution is 2.37. The summed E-state index contributed by atoms with van der Waals surface area (Å²) in [7, 11) is 0. The molecule has 1 aromatic heterocycles. The number of H-pyrrole nitrogens is 1. The van der Waals surface area contributed by atoms with Gasteiger partial charge in [0, 0.05) is 37.0 Å². The summed E-state index contributed by atoms with van der Waals surface area (Å²) >= 11 is 6.10. The lowest BCUT2D eigenvalue weighted by Gasteiger charge is -2.28. The lowest BCUT2D eigenvalue weighted by molar-refractivity contribution is 0.241. The van der Waals surface area contributed by atoms with Crippen LogP contribution in [-0.2, 0) is 19.5 Å². The third-order valence-electron chi connectivity index (χ3n) is 4.54. The van der Waals surface area contributed by atoms with E-state index in [1.165, 1.54) is 12.1 Å². The second-order valence-electron chi connectivity index (χ2n) is 6.35. The summed E-state index contributed by atoms with van der Waals surface area (Å²) in [6.45, 7) is 1.97. The fraction of sp³-hybridized carbons (Fsp3) is 0.412. The summed E-state index contributed by atoms with van der Waals surface area (Å²) in [6.07, 6.45) is 3.01. The Labute approximate surface area is 138 Å². The molecular weight excluding hydrogens is 317 g/mol. The minimum absolute atomic E-state index is 0.0215. The second kappa shape index (κ2) is 5.73. The number of aromatic nitrogens is 2. The molecule has 0 atom stereocenters. The minimum Gasteiger partial charge on any atom is -0.310 e. The summed E-state index contributed by atoms with van der Waals surface area (Å²) in [5.74, 6) is 0.962. The summed E-state index contributed by atoms with van der Waals surface area (Å²) < 4.78 is 13.1. The predicted octanol–water partition coefficient (Wildman–Crippen LogP) is 3.00. The Balaban J connectivity index is 1.55. The first-order chi connectivity index (χ1) is 11.1. The number of hydrogen-bond donors (Lipinski definition) is 1. The van der Waals surface area contributed by atoms with Crippen molar-refractivity contribution >= 4 is 11.6 Å². The normalized spacial score (nSPS) is 18.0. The van der Waals surface area contributed by atoms with Gasteiger partial charge in [0.15, 0.2) is 0 Å². The van der Waals surface area contributed by atoms with E-state index in [9.17, 15) is 9.18 Å². The Morgan fingerprint density at radius 1 is 1.39 bits per heavy atom. The molecule has 0 radical (unpaired) electrons. The van der Waals surface area contributed by atoms with Crippen molar-refractivity contribution in [1.82, 2.24) is 14.9 Å². The summed E-state index contributed by atoms with van der Waals surface area (Å²) in [4.78, 5) is 22.1. The number of rotatable bonds is 3. The average Bonchev–Trinajstić information content (AvgIpc) is 3.35. The van der Waals surface area contributed by atoms with Crippen molar-refractivity contribution in [3.63, 3.8) is 0 Å². The van der Waals surface area contributed by atoms with Crippen LogP contribution in [0.4, 0.5) is 4.39 Å². The van der Waals surface area contributed by atoms with E-state index in [0.29, 0.717) is 24.0 Å². The molecular formula is C17H17ClFN3O. The lowest BCUT2D eigenvalue weighted by atomic mass is 10.1. The molecule has 2 aromatic rings. The first-order valence-electron chi connectivity index (χ1n) is 7.88. The van der Waals surface area contributed by atoms with Crippen LogP contribution in [0.25, 0.3) is 0 Å². The van der Waals surface area contributed by atoms with Gasteiger partial charge < -0.3 is 4.98 Å². The van der Waals surface area contributed by atoms with Crippen LogP contribution in [0.2, 0.25) is 5.02 Å². The van der Waals surface area contributed by atoms with Crippen molar-refractivity contribution in [1.29, 1.82) is 0 Å². The number of aromatic amines is 1. The van der Waals surface area contributed by atoms with Gasteiger partial charge in [0.25, 0.3) is 5.56 Å². The van der Waals surface area contributed by atoms with Crippen LogP contribution in [0.15, 0.2) is 23.0 Å². The number of halogens is 2. The third-order valence-corrected chi connectivity index (χ3v) is 4.89. The number of fused-ring (bicyclic) bond motifs is 1. The quantitative estimate of drug-likeness (QED) is 0.939. The van der Waals surface area contributed by atoms with E-state index >= 15 is 0 Å². The molecule has 1 aromatic carbocycles. The van der Waals surface area contributed by atoms with E-state index in [2.05, 4.69) is 14.9 Å². The van der Waals surface area contributed by atoms with Crippen molar-refractivity contribution in [2.75, 3.05) is 6.54 Å². The highest BCUT2D eigenvalue weighted by molar-refractivity contribution is 6.31. The molecule has 0 bridgehead atoms. The molecule has 120 valence electrons. The van der Waals surface area contributed by atoms with Gasteiger partial charge in [-0.3, -0.25) is 9.69 Å². The van der Waals surface area contributed by atoms with Gasteiger partial charge in [-0.05, 0) is 30.5 Å². The molecule has 4 nitrogen and oxygen atoms in total. The lowest BCUT2D eigenvalue weighted by Crippen LogP contribution is -2.35. The highest BCUT2D eigenvalue weighted by atomic mass is 35.5. The van der Waals surface area contributed by atoms with Crippen LogP contribution < -0.4 is 5.56 Å². The van der Waals surface area contributed by atoms with Crippen LogP contribution in [-0.4, -0.2) is 21.4 Å². The topological polar surface area (TPSA) is 49.0 Å². The monoisotopic (exact) mass is 333 g/mol. The fourth-order valence-electron chi connectivity index (χ4n) is 3.08. The van der Waals surface area contributed by atoms with Gasteiger partial charge in [0.1, 0.15) is 11.6 Å². The van der Waals surface area contributed by atoms with E-state index in [-0.39, 0.29) is 11.4 Å². The van der Waals surface area contributed by atoms with Crippen LogP contribution in [0.5, 0.6) is 0 Å². The molecule has 1 N–H and O–H groups in total. The Bertz CT molecular complexity index is 816. The van der Waals surface area contributed by atoms with E-state index in [4.69, 9.17) is 11.6 Å². The third kappa shape index (κ3) is 3.03. The Kier molecular flexibility index (Phi) is 3.70. The highest BCUT2D eigenvalue weighted by Gasteiger charge is 2.29. The number of nitrogens with zero attached hydrogens (tertiary/aromatic N) is 2. The maximum absolute atomic E-state index is 13.1. The SMILES string of the molecule is O=c1[nH]c(C2CC2)nc2c1CN(Cc1ccc(F)cc1Cl)CC2. The zero-order chi connectivity index (χ0) is 16.0. The minimum atomic E-state index is -0.337. The maximum Gasteiger partial charge on any atom is 0.255 e. The molecule has 0 unspecified atom stereocenters. The maximum atomic E-state index is 13.1. The van der Waals surface area contributed by atoms with Gasteiger partial charge >= 0.3 is 0 Å². The van der Waals surface area contributed by atoms with Crippen molar-refractivity contribution in [2.45, 2.75) is 38.3 Å². The zero-order valence-corrected chi connectivity index (χ0v) is 13.4. The Morgan fingerprint density at radius 3 is 2.96 bits per heavy atom. The van der Waals surface area contributed by atoms with E-state index < -0.39 is 0 Å². The van der Waals surface area contributed by atoms with Gasteiger partial charge in [-0.2, -0.15) is 0 Å². The second-order valence-corrected chi connectivity index (χ2v) is 6.75. The molecule has 4 rings (SSSR count). The Hall–Kier alpha value is -1.72. The van der Waals surface area contributed by atoms with Crippen molar-refractivity contribution in [2.24, 2.45) is 0 Å². The number of hydrogen-bond acceptors (Lipinski definition) is 3. The van der Waals surface area contributed by atoms with Gasteiger partial charge in [-0.15, -0.1) is 0 Å². The molecule has 0 amide bonds. The molecule has 1 aliphatic heterocycles. The molecule has 1 fully saturated rings. The Morgan fingerprint density at radius 2 is 2.22 bits per heavy atom. The van der Waals surface area contributed by atoms with Crippen LogP contribution in [0, 0.1) is 5.82 Å². The van der Waals surface area contributed by atoms with Crippen molar-refractivity contribution in [3.05, 3.63) is 62.0 Å². The molecule has 1 saturated carbocycles. The number of benzene rings is 1. The first kappa shape index (κ1) is 14.8. The molecule has 0 saturated heterocycles. The van der Waals surface area contributed by atoms with Gasteiger partial charge in [-0.1, -0.05) is 17.7 Å². The molecule has 1 aliphatic carbocycles. The van der Waals surface area contributed by atoms with Crippen molar-refractivity contribution < 1.29 is 4.39 Å². The molecule has 2 heterocycles. The van der Waals surface area contributed by atoms with Crippen LogP contribution >= 0.6 is 11.6 Å². The number of nitrogens with one attached hydrogen (secondary N) is 1. The summed E-state index contributed by atoms with van der Waals surface area (Å²) in [6, 6.07) is 4.44. The standard InChI is InChI=1S/C17H17ClFN3O/c18-14-7-12(19)4-3-11(14)8-22-6-5-15-13(9-22)17(23)21-16(20-15)10-1-2-10/h3-4,7,10H,1-2,5-6,8-9H2,(H,20,21,23). The van der Waals surface area contributed by atoms with E-state index in [0.717, 1.165) is 48.5 Å². The molecule has 0 spiro atoms. The smallest absolute Gasteiger partial charge is 0.255 e. The van der Waals surface area contributed by atoms with E-state index in [1.54, 1.807) is 6.07 Å². The summed E-state index contributed by atoms with van der Waals surface area (Å²) in [5.41, 5.74) is 2.53. The first-order valence-corrected chi connectivity index (χ1v) is 8.26. The van der Waals surface area contributed by atoms with Crippen LogP contribution in [0.3, 0.4) is 0 Å².